The Morgan fingerprint density at radius 1 is 1.00 bits per heavy atom. The Bertz CT molecular complexity index is 1140. The van der Waals surface area contributed by atoms with Crippen LogP contribution in [-0.4, -0.2) is 21.2 Å². The number of halogens is 1. The molecule has 0 unspecified atom stereocenters. The maximum Gasteiger partial charge on any atom is 0.234 e. The summed E-state index contributed by atoms with van der Waals surface area (Å²) in [6, 6.07) is 23.8. The number of benzene rings is 3. The van der Waals surface area contributed by atoms with Crippen molar-refractivity contribution in [2.24, 2.45) is 0 Å². The van der Waals surface area contributed by atoms with Gasteiger partial charge >= 0.3 is 0 Å². The lowest BCUT2D eigenvalue weighted by atomic mass is 10.1. The number of anilines is 1. The summed E-state index contributed by atoms with van der Waals surface area (Å²) in [4.78, 5) is 17.1. The molecule has 0 aliphatic carbocycles. The molecule has 0 fully saturated rings. The lowest BCUT2D eigenvalue weighted by Crippen LogP contribution is -2.14. The summed E-state index contributed by atoms with van der Waals surface area (Å²) >= 11 is 1.36. The van der Waals surface area contributed by atoms with Gasteiger partial charge in [-0.15, -0.1) is 0 Å². The second kappa shape index (κ2) is 8.97. The highest BCUT2D eigenvalue weighted by molar-refractivity contribution is 7.99. The van der Waals surface area contributed by atoms with Gasteiger partial charge in [-0.1, -0.05) is 59.8 Å². The molecule has 0 atom stereocenters. The molecule has 0 bridgehead atoms. The fourth-order valence-electron chi connectivity index (χ4n) is 2.96. The van der Waals surface area contributed by atoms with Gasteiger partial charge in [0.15, 0.2) is 5.16 Å². The smallest absolute Gasteiger partial charge is 0.234 e. The van der Waals surface area contributed by atoms with Gasteiger partial charge in [-0.25, -0.2) is 9.37 Å². The first kappa shape index (κ1) is 19.9. The third kappa shape index (κ3) is 4.78. The van der Waals surface area contributed by atoms with Crippen molar-refractivity contribution >= 4 is 23.4 Å². The van der Waals surface area contributed by atoms with Crippen molar-refractivity contribution in [3.63, 3.8) is 0 Å². The van der Waals surface area contributed by atoms with Gasteiger partial charge in [0.25, 0.3) is 0 Å². The van der Waals surface area contributed by atoms with Crippen LogP contribution in [-0.2, 0) is 4.79 Å². The van der Waals surface area contributed by atoms with Crippen LogP contribution in [0.15, 0.2) is 90.2 Å². The van der Waals surface area contributed by atoms with E-state index in [1.807, 2.05) is 60.2 Å². The fraction of sp³-hybridized carbons (Fsp3) is 0.0833. The maximum absolute atomic E-state index is 13.0. The van der Waals surface area contributed by atoms with E-state index in [1.165, 1.54) is 41.6 Å². The highest BCUT2D eigenvalue weighted by atomic mass is 32.2. The van der Waals surface area contributed by atoms with E-state index in [1.54, 1.807) is 0 Å². The number of nitrogens with one attached hydrogen (secondary N) is 1. The predicted octanol–water partition coefficient (Wildman–Crippen LogP) is 5.72. The van der Waals surface area contributed by atoms with Crippen molar-refractivity contribution in [2.75, 3.05) is 11.1 Å². The number of nitrogens with zero attached hydrogens (tertiary/aromatic N) is 2. The molecule has 0 aliphatic rings. The standard InChI is InChI=1S/C24H20FN3OS/c1-17-7-9-18(10-8-17)22-15-28(21-5-3-2-4-6-21)24(27-22)30-16-23(29)26-20-13-11-19(25)12-14-20/h2-15H,16H2,1H3,(H,26,29). The summed E-state index contributed by atoms with van der Waals surface area (Å²) in [7, 11) is 0. The normalized spacial score (nSPS) is 10.7. The minimum absolute atomic E-state index is 0.175. The van der Waals surface area contributed by atoms with E-state index in [0.717, 1.165) is 22.1 Å². The van der Waals surface area contributed by atoms with Gasteiger partial charge in [-0.3, -0.25) is 9.36 Å². The van der Waals surface area contributed by atoms with Crippen LogP contribution in [0.25, 0.3) is 16.9 Å². The minimum atomic E-state index is -0.337. The van der Waals surface area contributed by atoms with E-state index in [9.17, 15) is 9.18 Å². The number of aryl methyl sites for hydroxylation is 1. The lowest BCUT2D eigenvalue weighted by molar-refractivity contribution is -0.113. The molecule has 0 saturated heterocycles. The van der Waals surface area contributed by atoms with E-state index in [0.29, 0.717) is 5.69 Å². The Morgan fingerprint density at radius 2 is 1.70 bits per heavy atom. The van der Waals surface area contributed by atoms with E-state index in [2.05, 4.69) is 17.4 Å². The SMILES string of the molecule is Cc1ccc(-c2cn(-c3ccccc3)c(SCC(=O)Nc3ccc(F)cc3)n2)cc1. The van der Waals surface area contributed by atoms with Crippen LogP contribution in [0.5, 0.6) is 0 Å². The zero-order valence-corrected chi connectivity index (χ0v) is 17.2. The molecule has 150 valence electrons. The van der Waals surface area contributed by atoms with Gasteiger partial charge in [-0.2, -0.15) is 0 Å². The van der Waals surface area contributed by atoms with E-state index in [-0.39, 0.29) is 17.5 Å². The monoisotopic (exact) mass is 417 g/mol. The number of amides is 1. The van der Waals surface area contributed by atoms with Crippen LogP contribution in [0.1, 0.15) is 5.56 Å². The van der Waals surface area contributed by atoms with E-state index in [4.69, 9.17) is 4.98 Å². The molecule has 0 saturated carbocycles. The third-order valence-electron chi connectivity index (χ3n) is 4.52. The Morgan fingerprint density at radius 3 is 2.40 bits per heavy atom. The van der Waals surface area contributed by atoms with E-state index >= 15 is 0 Å². The molecule has 0 radical (unpaired) electrons. The zero-order valence-electron chi connectivity index (χ0n) is 16.4. The Kier molecular flexibility index (Phi) is 5.95. The zero-order chi connectivity index (χ0) is 20.9. The van der Waals surface area contributed by atoms with Crippen molar-refractivity contribution < 1.29 is 9.18 Å². The number of thioether (sulfide) groups is 1. The number of hydrogen-bond donors (Lipinski definition) is 1. The molecule has 30 heavy (non-hydrogen) atoms. The number of carbonyl (C=O) groups is 1. The predicted molar refractivity (Wildman–Crippen MR) is 119 cm³/mol. The third-order valence-corrected chi connectivity index (χ3v) is 5.47. The van der Waals surface area contributed by atoms with Gasteiger partial charge < -0.3 is 5.32 Å². The molecule has 1 amide bonds. The lowest BCUT2D eigenvalue weighted by Gasteiger charge is -2.08. The summed E-state index contributed by atoms with van der Waals surface area (Å²) in [5, 5.41) is 3.51. The van der Waals surface area contributed by atoms with Crippen LogP contribution in [0.2, 0.25) is 0 Å². The molecular formula is C24H20FN3OS. The van der Waals surface area contributed by atoms with Crippen LogP contribution >= 0.6 is 11.8 Å². The molecule has 0 spiro atoms. The number of imidazole rings is 1. The number of aromatic nitrogens is 2. The highest BCUT2D eigenvalue weighted by Crippen LogP contribution is 2.27. The Labute approximate surface area is 178 Å². The average Bonchev–Trinajstić information content (AvgIpc) is 3.19. The van der Waals surface area contributed by atoms with Crippen molar-refractivity contribution in [1.29, 1.82) is 0 Å². The van der Waals surface area contributed by atoms with Crippen molar-refractivity contribution in [2.45, 2.75) is 12.1 Å². The van der Waals surface area contributed by atoms with Crippen LogP contribution in [0.3, 0.4) is 0 Å². The molecule has 3 aromatic carbocycles. The van der Waals surface area contributed by atoms with Gasteiger partial charge in [0, 0.05) is 23.1 Å². The highest BCUT2D eigenvalue weighted by Gasteiger charge is 2.14. The fourth-order valence-corrected chi connectivity index (χ4v) is 3.75. The molecule has 0 aliphatic heterocycles. The molecular weight excluding hydrogens is 397 g/mol. The maximum atomic E-state index is 13.0. The summed E-state index contributed by atoms with van der Waals surface area (Å²) in [5.41, 5.74) is 4.60. The second-order valence-corrected chi connectivity index (χ2v) is 7.77. The summed E-state index contributed by atoms with van der Waals surface area (Å²) in [6.07, 6.45) is 1.99. The average molecular weight is 418 g/mol. The van der Waals surface area contributed by atoms with E-state index < -0.39 is 0 Å². The van der Waals surface area contributed by atoms with Crippen molar-refractivity contribution in [3.05, 3.63) is 96.4 Å². The first-order chi connectivity index (χ1) is 14.6. The molecule has 4 aromatic rings. The number of hydrogen-bond acceptors (Lipinski definition) is 3. The first-order valence-electron chi connectivity index (χ1n) is 9.48. The van der Waals surface area contributed by atoms with Crippen LogP contribution < -0.4 is 5.32 Å². The Balaban J connectivity index is 1.55. The second-order valence-electron chi connectivity index (χ2n) is 6.82. The number of para-hydroxylation sites is 1. The topological polar surface area (TPSA) is 46.9 Å². The molecule has 6 heteroatoms. The van der Waals surface area contributed by atoms with Gasteiger partial charge in [0.1, 0.15) is 5.82 Å². The first-order valence-corrected chi connectivity index (χ1v) is 10.5. The van der Waals surface area contributed by atoms with Crippen molar-refractivity contribution in [3.8, 4) is 16.9 Å². The summed E-state index contributed by atoms with van der Waals surface area (Å²) in [5.74, 6) is -0.323. The molecule has 4 rings (SSSR count). The summed E-state index contributed by atoms with van der Waals surface area (Å²) in [6.45, 7) is 2.05. The Hall–Kier alpha value is -3.38. The van der Waals surface area contributed by atoms with Gasteiger partial charge in [0.05, 0.1) is 11.4 Å². The number of rotatable bonds is 6. The molecule has 1 heterocycles. The molecule has 4 nitrogen and oxygen atoms in total. The van der Waals surface area contributed by atoms with Gasteiger partial charge in [-0.05, 0) is 43.3 Å². The molecule has 1 N–H and O–H groups in total. The van der Waals surface area contributed by atoms with Gasteiger partial charge in [0.2, 0.25) is 5.91 Å². The van der Waals surface area contributed by atoms with Crippen molar-refractivity contribution in [1.82, 2.24) is 9.55 Å². The van der Waals surface area contributed by atoms with Crippen LogP contribution in [0.4, 0.5) is 10.1 Å². The largest absolute Gasteiger partial charge is 0.325 e. The van der Waals surface area contributed by atoms with Crippen LogP contribution in [0, 0.1) is 12.7 Å². The number of carbonyl (C=O) groups excluding carboxylic acids is 1. The quantitative estimate of drug-likeness (QED) is 0.408. The summed E-state index contributed by atoms with van der Waals surface area (Å²) < 4.78 is 15.0. The minimum Gasteiger partial charge on any atom is -0.325 e. The molecule has 1 aromatic heterocycles.